The van der Waals surface area contributed by atoms with Gasteiger partial charge < -0.3 is 10.2 Å². The Bertz CT molecular complexity index is 347. The largest absolute Gasteiger partial charge is 0.342 e. The van der Waals surface area contributed by atoms with E-state index in [-0.39, 0.29) is 35.7 Å². The maximum Gasteiger partial charge on any atom is 0.246 e. The number of rotatable bonds is 7. The minimum atomic E-state index is -0.366. The van der Waals surface area contributed by atoms with Gasteiger partial charge in [0.1, 0.15) is 12.1 Å². The highest BCUT2D eigenvalue weighted by atomic mass is 32.2. The van der Waals surface area contributed by atoms with Crippen LogP contribution in [0.1, 0.15) is 41.0 Å². The van der Waals surface area contributed by atoms with Crippen molar-refractivity contribution >= 4 is 23.6 Å². The standard InChI is InChI=1S/C15H28N2O2S/c1-6-11(5)13-14(18)16-12(10(3)4)15(19)17(13)8-9-20-7-2/h10-13H,6-9H2,1-5H3,(H,16,18). The van der Waals surface area contributed by atoms with Gasteiger partial charge in [-0.15, -0.1) is 0 Å². The van der Waals surface area contributed by atoms with Crippen LogP contribution in [-0.2, 0) is 9.59 Å². The highest BCUT2D eigenvalue weighted by Gasteiger charge is 2.43. The Hall–Kier alpha value is -0.710. The summed E-state index contributed by atoms with van der Waals surface area (Å²) in [6, 6.07) is -0.672. The van der Waals surface area contributed by atoms with Crippen molar-refractivity contribution in [1.82, 2.24) is 10.2 Å². The Balaban J connectivity index is 2.91. The predicted molar refractivity (Wildman–Crippen MR) is 84.7 cm³/mol. The van der Waals surface area contributed by atoms with Crippen molar-refractivity contribution in [2.75, 3.05) is 18.1 Å². The fraction of sp³-hybridized carbons (Fsp3) is 0.867. The molecule has 0 aromatic heterocycles. The fourth-order valence-corrected chi connectivity index (χ4v) is 3.17. The van der Waals surface area contributed by atoms with Gasteiger partial charge in [-0.3, -0.25) is 9.59 Å². The Morgan fingerprint density at radius 1 is 1.25 bits per heavy atom. The van der Waals surface area contributed by atoms with E-state index in [1.807, 2.05) is 37.4 Å². The summed E-state index contributed by atoms with van der Waals surface area (Å²) in [5.74, 6) is 2.36. The topological polar surface area (TPSA) is 49.4 Å². The minimum Gasteiger partial charge on any atom is -0.342 e. The van der Waals surface area contributed by atoms with Crippen molar-refractivity contribution in [3.05, 3.63) is 0 Å². The average molecular weight is 300 g/mol. The van der Waals surface area contributed by atoms with Crippen LogP contribution in [0.4, 0.5) is 0 Å². The summed E-state index contributed by atoms with van der Waals surface area (Å²) in [7, 11) is 0. The first-order chi connectivity index (χ1) is 9.43. The van der Waals surface area contributed by atoms with E-state index < -0.39 is 0 Å². The zero-order valence-electron chi connectivity index (χ0n) is 13.3. The van der Waals surface area contributed by atoms with Gasteiger partial charge in [-0.05, 0) is 17.6 Å². The molecule has 1 rings (SSSR count). The van der Waals surface area contributed by atoms with E-state index in [2.05, 4.69) is 19.2 Å². The molecule has 0 aliphatic carbocycles. The van der Waals surface area contributed by atoms with Gasteiger partial charge >= 0.3 is 0 Å². The third-order valence-electron chi connectivity index (χ3n) is 3.98. The van der Waals surface area contributed by atoms with Crippen LogP contribution in [0, 0.1) is 11.8 Å². The highest BCUT2D eigenvalue weighted by Crippen LogP contribution is 2.23. The second kappa shape index (κ2) is 7.91. The number of hydrogen-bond acceptors (Lipinski definition) is 3. The Kier molecular flexibility index (Phi) is 6.86. The molecule has 0 saturated carbocycles. The first-order valence-electron chi connectivity index (χ1n) is 7.62. The molecule has 0 aromatic carbocycles. The van der Waals surface area contributed by atoms with Crippen LogP contribution in [0.2, 0.25) is 0 Å². The van der Waals surface area contributed by atoms with Gasteiger partial charge in [0.05, 0.1) is 0 Å². The molecule has 3 atom stereocenters. The lowest BCUT2D eigenvalue weighted by molar-refractivity contribution is -0.152. The SMILES string of the molecule is CCSCCN1C(=O)C(C(C)C)NC(=O)C1C(C)CC. The predicted octanol–water partition coefficient (Wildman–Crippen LogP) is 2.14. The number of thioether (sulfide) groups is 1. The van der Waals surface area contributed by atoms with E-state index in [1.54, 1.807) is 0 Å². The van der Waals surface area contributed by atoms with Gasteiger partial charge in [0.25, 0.3) is 0 Å². The van der Waals surface area contributed by atoms with E-state index >= 15 is 0 Å². The molecule has 3 unspecified atom stereocenters. The molecule has 2 amide bonds. The van der Waals surface area contributed by atoms with Crippen LogP contribution in [0.25, 0.3) is 0 Å². The molecule has 20 heavy (non-hydrogen) atoms. The number of nitrogens with zero attached hydrogens (tertiary/aromatic N) is 1. The van der Waals surface area contributed by atoms with Crippen LogP contribution in [0.15, 0.2) is 0 Å². The van der Waals surface area contributed by atoms with E-state index in [1.165, 1.54) is 0 Å². The monoisotopic (exact) mass is 300 g/mol. The van der Waals surface area contributed by atoms with E-state index in [4.69, 9.17) is 0 Å². The quantitative estimate of drug-likeness (QED) is 0.733. The smallest absolute Gasteiger partial charge is 0.246 e. The van der Waals surface area contributed by atoms with Crippen molar-refractivity contribution < 1.29 is 9.59 Å². The molecule has 1 aliphatic heterocycles. The Labute approximate surface area is 127 Å². The summed E-state index contributed by atoms with van der Waals surface area (Å²) in [6.07, 6.45) is 0.898. The molecule has 4 nitrogen and oxygen atoms in total. The summed E-state index contributed by atoms with van der Waals surface area (Å²) >= 11 is 1.81. The summed E-state index contributed by atoms with van der Waals surface area (Å²) in [5.41, 5.74) is 0. The van der Waals surface area contributed by atoms with Crippen LogP contribution in [0.3, 0.4) is 0 Å². The molecule has 1 fully saturated rings. The van der Waals surface area contributed by atoms with Crippen molar-refractivity contribution in [3.63, 3.8) is 0 Å². The third-order valence-corrected chi connectivity index (χ3v) is 4.86. The summed E-state index contributed by atoms with van der Waals surface area (Å²) in [5, 5.41) is 2.91. The minimum absolute atomic E-state index is 0.0131. The number of carbonyl (C=O) groups is 2. The van der Waals surface area contributed by atoms with Crippen molar-refractivity contribution in [2.45, 2.75) is 53.1 Å². The normalized spacial score (nSPS) is 25.0. The molecule has 0 spiro atoms. The lowest BCUT2D eigenvalue weighted by Gasteiger charge is -2.42. The van der Waals surface area contributed by atoms with E-state index in [0.29, 0.717) is 6.54 Å². The molecule has 0 aromatic rings. The third kappa shape index (κ3) is 3.90. The van der Waals surface area contributed by atoms with E-state index in [0.717, 1.165) is 17.9 Å². The number of piperazine rings is 1. The lowest BCUT2D eigenvalue weighted by Crippen LogP contribution is -2.66. The first kappa shape index (κ1) is 17.3. The van der Waals surface area contributed by atoms with Crippen molar-refractivity contribution in [2.24, 2.45) is 11.8 Å². The number of carbonyl (C=O) groups excluding carboxylic acids is 2. The van der Waals surface area contributed by atoms with Crippen LogP contribution in [-0.4, -0.2) is 46.8 Å². The molecular formula is C15H28N2O2S. The van der Waals surface area contributed by atoms with Crippen molar-refractivity contribution in [1.29, 1.82) is 0 Å². The van der Waals surface area contributed by atoms with Gasteiger partial charge in [0.2, 0.25) is 11.8 Å². The fourth-order valence-electron chi connectivity index (χ4n) is 2.55. The number of nitrogens with one attached hydrogen (secondary N) is 1. The summed E-state index contributed by atoms with van der Waals surface area (Å²) < 4.78 is 0. The molecule has 116 valence electrons. The van der Waals surface area contributed by atoms with Gasteiger partial charge in [0.15, 0.2) is 0 Å². The first-order valence-corrected chi connectivity index (χ1v) is 8.78. The van der Waals surface area contributed by atoms with E-state index in [9.17, 15) is 9.59 Å². The highest BCUT2D eigenvalue weighted by molar-refractivity contribution is 7.99. The Morgan fingerprint density at radius 2 is 1.90 bits per heavy atom. The Morgan fingerprint density at radius 3 is 2.40 bits per heavy atom. The van der Waals surface area contributed by atoms with Crippen LogP contribution < -0.4 is 5.32 Å². The molecule has 1 heterocycles. The van der Waals surface area contributed by atoms with Crippen LogP contribution in [0.5, 0.6) is 0 Å². The van der Waals surface area contributed by atoms with Crippen LogP contribution >= 0.6 is 11.8 Å². The molecule has 1 saturated heterocycles. The van der Waals surface area contributed by atoms with Gasteiger partial charge in [0, 0.05) is 12.3 Å². The van der Waals surface area contributed by atoms with Gasteiger partial charge in [-0.25, -0.2) is 0 Å². The zero-order chi connectivity index (χ0) is 15.3. The zero-order valence-corrected chi connectivity index (χ0v) is 14.1. The number of amides is 2. The molecular weight excluding hydrogens is 272 g/mol. The lowest BCUT2D eigenvalue weighted by atomic mass is 9.90. The van der Waals surface area contributed by atoms with Crippen molar-refractivity contribution in [3.8, 4) is 0 Å². The van der Waals surface area contributed by atoms with Gasteiger partial charge in [-0.2, -0.15) is 11.8 Å². The molecule has 1 aliphatic rings. The average Bonchev–Trinajstić information content (AvgIpc) is 2.41. The van der Waals surface area contributed by atoms with Gasteiger partial charge in [-0.1, -0.05) is 41.0 Å². The molecule has 5 heteroatoms. The maximum atomic E-state index is 12.6. The maximum absolute atomic E-state index is 12.6. The molecule has 0 bridgehead atoms. The second-order valence-corrected chi connectivity index (χ2v) is 7.18. The number of hydrogen-bond donors (Lipinski definition) is 1. The molecule has 0 radical (unpaired) electrons. The summed E-state index contributed by atoms with van der Waals surface area (Å²) in [6.45, 7) is 10.8. The second-order valence-electron chi connectivity index (χ2n) is 5.79. The summed E-state index contributed by atoms with van der Waals surface area (Å²) in [4.78, 5) is 26.8. The molecule has 1 N–H and O–H groups in total.